The Morgan fingerprint density at radius 3 is 2.80 bits per heavy atom. The number of nitriles is 1. The Bertz CT molecular complexity index is 669. The first-order chi connectivity index (χ1) is 7.02. The van der Waals surface area contributed by atoms with Crippen LogP contribution in [0.1, 0.15) is 5.56 Å². The summed E-state index contributed by atoms with van der Waals surface area (Å²) in [5.41, 5.74) is 1.07. The Kier molecular flexibility index (Phi) is 2.14. The smallest absolute Gasteiger partial charge is 0.261 e. The maximum absolute atomic E-state index is 11.1. The van der Waals surface area contributed by atoms with Gasteiger partial charge in [-0.05, 0) is 12.1 Å². The first kappa shape index (κ1) is 9.96. The van der Waals surface area contributed by atoms with Crippen LogP contribution in [-0.4, -0.2) is 18.4 Å². The maximum atomic E-state index is 11.1. The molecule has 0 saturated heterocycles. The van der Waals surface area contributed by atoms with Crippen molar-refractivity contribution in [1.29, 1.82) is 5.26 Å². The van der Waals surface area contributed by atoms with Crippen LogP contribution in [0.2, 0.25) is 0 Å². The summed E-state index contributed by atoms with van der Waals surface area (Å²) in [4.78, 5) is 6.50. The molecule has 1 aromatic carbocycles. The number of hydrogen-bond acceptors (Lipinski definition) is 4. The van der Waals surface area contributed by atoms with E-state index in [1.807, 2.05) is 6.07 Å². The summed E-state index contributed by atoms with van der Waals surface area (Å²) < 4.78 is 22.2. The molecule has 1 heterocycles. The molecule has 0 aliphatic rings. The monoisotopic (exact) mass is 241 g/mol. The second-order valence-corrected chi connectivity index (χ2v) is 5.39. The van der Waals surface area contributed by atoms with Crippen molar-refractivity contribution >= 4 is 30.8 Å². The van der Waals surface area contributed by atoms with Crippen molar-refractivity contribution in [3.05, 3.63) is 24.0 Å². The van der Waals surface area contributed by atoms with Crippen LogP contribution >= 0.6 is 10.7 Å². The van der Waals surface area contributed by atoms with Crippen LogP contribution in [0.4, 0.5) is 0 Å². The highest BCUT2D eigenvalue weighted by Gasteiger charge is 2.14. The van der Waals surface area contributed by atoms with Crippen molar-refractivity contribution in [3.63, 3.8) is 0 Å². The lowest BCUT2D eigenvalue weighted by Gasteiger charge is -1.97. The number of hydrogen-bond donors (Lipinski definition) is 1. The second-order valence-electron chi connectivity index (χ2n) is 2.82. The van der Waals surface area contributed by atoms with Gasteiger partial charge in [-0.2, -0.15) is 5.26 Å². The molecule has 0 amide bonds. The highest BCUT2D eigenvalue weighted by atomic mass is 35.7. The third-order valence-electron chi connectivity index (χ3n) is 1.90. The molecule has 76 valence electrons. The van der Waals surface area contributed by atoms with E-state index in [9.17, 15) is 8.42 Å². The van der Waals surface area contributed by atoms with Gasteiger partial charge in [-0.15, -0.1) is 0 Å². The van der Waals surface area contributed by atoms with Crippen LogP contribution in [0, 0.1) is 11.3 Å². The number of nitrogens with one attached hydrogen (secondary N) is 1. The number of nitrogens with zero attached hydrogens (tertiary/aromatic N) is 2. The number of H-pyrrole nitrogens is 1. The lowest BCUT2D eigenvalue weighted by molar-refractivity contribution is 0.609. The first-order valence-electron chi connectivity index (χ1n) is 3.84. The van der Waals surface area contributed by atoms with Crippen LogP contribution in [0.3, 0.4) is 0 Å². The van der Waals surface area contributed by atoms with Crippen molar-refractivity contribution in [2.45, 2.75) is 4.90 Å². The van der Waals surface area contributed by atoms with Crippen molar-refractivity contribution in [2.75, 3.05) is 0 Å². The van der Waals surface area contributed by atoms with Gasteiger partial charge < -0.3 is 4.98 Å². The molecule has 0 saturated carbocycles. The molecule has 0 spiro atoms. The van der Waals surface area contributed by atoms with Crippen LogP contribution in [-0.2, 0) is 9.05 Å². The molecule has 0 radical (unpaired) electrons. The van der Waals surface area contributed by atoms with E-state index in [0.29, 0.717) is 11.0 Å². The number of aromatic amines is 1. The second kappa shape index (κ2) is 3.22. The molecular weight excluding hydrogens is 238 g/mol. The molecule has 1 N–H and O–H groups in total. The largest absolute Gasteiger partial charge is 0.345 e. The molecule has 2 aromatic rings. The summed E-state index contributed by atoms with van der Waals surface area (Å²) in [5.74, 6) is 0. The molecule has 0 atom stereocenters. The zero-order chi connectivity index (χ0) is 11.1. The predicted octanol–water partition coefficient (Wildman–Crippen LogP) is 1.36. The fourth-order valence-electron chi connectivity index (χ4n) is 1.25. The standard InChI is InChI=1S/C8H4ClN3O2S/c9-15(13,14)6-1-5(3-10)8-7(2-6)11-4-12-8/h1-2,4H,(H,11,12). The topological polar surface area (TPSA) is 86.6 Å². The number of fused-ring (bicyclic) bond motifs is 1. The summed E-state index contributed by atoms with van der Waals surface area (Å²) >= 11 is 0. The molecule has 0 aliphatic carbocycles. The first-order valence-corrected chi connectivity index (χ1v) is 6.15. The lowest BCUT2D eigenvalue weighted by Crippen LogP contribution is -1.92. The van der Waals surface area contributed by atoms with E-state index in [0.717, 1.165) is 0 Å². The van der Waals surface area contributed by atoms with Gasteiger partial charge in [-0.1, -0.05) is 0 Å². The van der Waals surface area contributed by atoms with Crippen molar-refractivity contribution in [1.82, 2.24) is 9.97 Å². The lowest BCUT2D eigenvalue weighted by atomic mass is 10.2. The zero-order valence-electron chi connectivity index (χ0n) is 7.23. The minimum atomic E-state index is -3.83. The van der Waals surface area contributed by atoms with Crippen LogP contribution in [0.25, 0.3) is 11.0 Å². The minimum Gasteiger partial charge on any atom is -0.345 e. The van der Waals surface area contributed by atoms with E-state index in [1.165, 1.54) is 18.5 Å². The predicted molar refractivity (Wildman–Crippen MR) is 53.8 cm³/mol. The molecule has 7 heteroatoms. The van der Waals surface area contributed by atoms with Gasteiger partial charge in [0.2, 0.25) is 0 Å². The average Bonchev–Trinajstić information content (AvgIpc) is 2.62. The SMILES string of the molecule is N#Cc1cc(S(=O)(=O)Cl)cc2[nH]cnc12. The molecule has 2 rings (SSSR count). The van der Waals surface area contributed by atoms with E-state index in [-0.39, 0.29) is 10.5 Å². The minimum absolute atomic E-state index is 0.113. The molecule has 1 aromatic heterocycles. The zero-order valence-corrected chi connectivity index (χ0v) is 8.80. The van der Waals surface area contributed by atoms with E-state index < -0.39 is 9.05 Å². The van der Waals surface area contributed by atoms with E-state index in [2.05, 4.69) is 9.97 Å². The van der Waals surface area contributed by atoms with Gasteiger partial charge in [0.05, 0.1) is 22.3 Å². The fourth-order valence-corrected chi connectivity index (χ4v) is 2.03. The number of imidazole rings is 1. The molecule has 0 fully saturated rings. The number of benzene rings is 1. The summed E-state index contributed by atoms with van der Waals surface area (Å²) in [7, 11) is 1.35. The maximum Gasteiger partial charge on any atom is 0.261 e. The van der Waals surface area contributed by atoms with Gasteiger partial charge in [-0.3, -0.25) is 0 Å². The van der Waals surface area contributed by atoms with Gasteiger partial charge in [0, 0.05) is 10.7 Å². The Hall–Kier alpha value is -1.58. The molecule has 0 aliphatic heterocycles. The summed E-state index contributed by atoms with van der Waals surface area (Å²) in [6.07, 6.45) is 1.39. The van der Waals surface area contributed by atoms with Crippen molar-refractivity contribution < 1.29 is 8.42 Å². The van der Waals surface area contributed by atoms with Gasteiger partial charge in [0.15, 0.2) is 0 Å². The highest BCUT2D eigenvalue weighted by Crippen LogP contribution is 2.22. The van der Waals surface area contributed by atoms with Crippen molar-refractivity contribution in [3.8, 4) is 6.07 Å². The van der Waals surface area contributed by atoms with E-state index >= 15 is 0 Å². The van der Waals surface area contributed by atoms with Crippen LogP contribution in [0.5, 0.6) is 0 Å². The highest BCUT2D eigenvalue weighted by molar-refractivity contribution is 8.13. The number of halogens is 1. The fraction of sp³-hybridized carbons (Fsp3) is 0. The van der Waals surface area contributed by atoms with Gasteiger partial charge in [0.25, 0.3) is 9.05 Å². The van der Waals surface area contributed by atoms with E-state index in [1.54, 1.807) is 0 Å². The molecule has 0 unspecified atom stereocenters. The number of rotatable bonds is 1. The van der Waals surface area contributed by atoms with Crippen LogP contribution in [0.15, 0.2) is 23.4 Å². The summed E-state index contributed by atoms with van der Waals surface area (Å²) in [6.45, 7) is 0. The van der Waals surface area contributed by atoms with Crippen molar-refractivity contribution in [2.24, 2.45) is 0 Å². The molecule has 15 heavy (non-hydrogen) atoms. The Morgan fingerprint density at radius 2 is 2.20 bits per heavy atom. The molecule has 5 nitrogen and oxygen atoms in total. The molecule has 0 bridgehead atoms. The third kappa shape index (κ3) is 1.67. The van der Waals surface area contributed by atoms with Gasteiger partial charge in [-0.25, -0.2) is 13.4 Å². The summed E-state index contributed by atoms with van der Waals surface area (Å²) in [6, 6.07) is 4.40. The van der Waals surface area contributed by atoms with Crippen LogP contribution < -0.4 is 0 Å². The average molecular weight is 242 g/mol. The van der Waals surface area contributed by atoms with Gasteiger partial charge in [0.1, 0.15) is 11.6 Å². The number of aromatic nitrogens is 2. The Morgan fingerprint density at radius 1 is 1.47 bits per heavy atom. The van der Waals surface area contributed by atoms with E-state index in [4.69, 9.17) is 15.9 Å². The normalized spacial score (nSPS) is 11.5. The third-order valence-corrected chi connectivity index (χ3v) is 3.23. The van der Waals surface area contributed by atoms with Gasteiger partial charge >= 0.3 is 0 Å². The summed E-state index contributed by atoms with van der Waals surface area (Å²) in [5, 5.41) is 8.80. The quantitative estimate of drug-likeness (QED) is 0.764. The molecular formula is C8H4ClN3O2S. The Balaban J connectivity index is 2.88. The Labute approximate surface area is 89.7 Å².